The van der Waals surface area contributed by atoms with Crippen LogP contribution in [0.15, 0.2) is 41.8 Å². The fourth-order valence-corrected chi connectivity index (χ4v) is 2.30. The van der Waals surface area contributed by atoms with Crippen LogP contribution in [0.1, 0.15) is 30.9 Å². The van der Waals surface area contributed by atoms with Crippen LogP contribution in [0.5, 0.6) is 6.01 Å². The maximum absolute atomic E-state index is 13.2. The first kappa shape index (κ1) is 18.2. The van der Waals surface area contributed by atoms with Crippen LogP contribution in [0.4, 0.5) is 4.39 Å². The van der Waals surface area contributed by atoms with Crippen LogP contribution in [0, 0.1) is 5.82 Å². The van der Waals surface area contributed by atoms with Crippen LogP contribution in [-0.2, 0) is 4.79 Å². The fraction of sp³-hybridized carbons (Fsp3) is 0.312. The predicted octanol–water partition coefficient (Wildman–Crippen LogP) is 3.30. The molecule has 8 nitrogen and oxygen atoms in total. The number of carboxylic acid groups (broad SMARTS) is 1. The third-order valence-corrected chi connectivity index (χ3v) is 3.32. The maximum atomic E-state index is 13.2. The zero-order valence-electron chi connectivity index (χ0n) is 13.6. The van der Waals surface area contributed by atoms with E-state index in [2.05, 4.69) is 20.0 Å². The van der Waals surface area contributed by atoms with Gasteiger partial charge < -0.3 is 9.84 Å². The van der Waals surface area contributed by atoms with E-state index in [1.54, 1.807) is 0 Å². The molecule has 25 heavy (non-hydrogen) atoms. The van der Waals surface area contributed by atoms with E-state index < -0.39 is 23.7 Å². The average molecular weight is 345 g/mol. The van der Waals surface area contributed by atoms with Gasteiger partial charge in [0.05, 0.1) is 6.10 Å². The standard InChI is InChI=1S/C16H16FN5O3/c1-9(2)25-16-19-7-11(8-20-16)13(14(15(23)24)21-22-18)10-3-5-12(17)6-4-10/h3-9,13-14H,1-2H3,(H,23,24)/t13-,14-/m0/s1. The molecule has 0 amide bonds. The van der Waals surface area contributed by atoms with Crippen LogP contribution >= 0.6 is 0 Å². The number of carbonyl (C=O) groups is 1. The molecule has 1 heterocycles. The molecule has 0 fully saturated rings. The lowest BCUT2D eigenvalue weighted by atomic mass is 9.87. The molecule has 2 rings (SSSR count). The van der Waals surface area contributed by atoms with Crippen molar-refractivity contribution in [2.24, 2.45) is 5.11 Å². The van der Waals surface area contributed by atoms with Gasteiger partial charge in [-0.15, -0.1) is 0 Å². The summed E-state index contributed by atoms with van der Waals surface area (Å²) >= 11 is 0. The van der Waals surface area contributed by atoms with Crippen molar-refractivity contribution in [1.29, 1.82) is 0 Å². The van der Waals surface area contributed by atoms with Gasteiger partial charge >= 0.3 is 12.0 Å². The summed E-state index contributed by atoms with van der Waals surface area (Å²) in [6.07, 6.45) is 2.69. The monoisotopic (exact) mass is 345 g/mol. The van der Waals surface area contributed by atoms with Gasteiger partial charge in [-0.3, -0.25) is 4.79 Å². The lowest BCUT2D eigenvalue weighted by Gasteiger charge is -2.21. The highest BCUT2D eigenvalue weighted by Gasteiger charge is 2.31. The number of benzene rings is 1. The summed E-state index contributed by atoms with van der Waals surface area (Å²) in [6.45, 7) is 3.64. The molecule has 0 bridgehead atoms. The Morgan fingerprint density at radius 2 is 1.84 bits per heavy atom. The van der Waals surface area contributed by atoms with Gasteiger partial charge in [0.25, 0.3) is 0 Å². The van der Waals surface area contributed by atoms with Crippen molar-refractivity contribution in [3.8, 4) is 6.01 Å². The Morgan fingerprint density at radius 3 is 2.32 bits per heavy atom. The Hall–Kier alpha value is -3.19. The number of aliphatic carboxylic acids is 1. The smallest absolute Gasteiger partial charge is 0.316 e. The van der Waals surface area contributed by atoms with Crippen molar-refractivity contribution in [2.75, 3.05) is 0 Å². The van der Waals surface area contributed by atoms with Gasteiger partial charge in [-0.05, 0) is 42.6 Å². The largest absolute Gasteiger partial charge is 0.481 e. The molecule has 1 aromatic carbocycles. The third-order valence-electron chi connectivity index (χ3n) is 3.32. The number of hydrogen-bond acceptors (Lipinski definition) is 5. The van der Waals surface area contributed by atoms with Gasteiger partial charge in [0.1, 0.15) is 11.9 Å². The van der Waals surface area contributed by atoms with Crippen LogP contribution < -0.4 is 4.74 Å². The summed E-state index contributed by atoms with van der Waals surface area (Å²) in [5.74, 6) is -2.65. The number of carboxylic acids is 1. The molecule has 2 aromatic rings. The topological polar surface area (TPSA) is 121 Å². The minimum absolute atomic E-state index is 0.117. The molecule has 1 N–H and O–H groups in total. The van der Waals surface area contributed by atoms with E-state index in [-0.39, 0.29) is 12.1 Å². The van der Waals surface area contributed by atoms with E-state index in [4.69, 9.17) is 10.3 Å². The van der Waals surface area contributed by atoms with Crippen LogP contribution in [0.25, 0.3) is 10.4 Å². The third kappa shape index (κ3) is 4.65. The summed E-state index contributed by atoms with van der Waals surface area (Å²) in [6, 6.07) is 3.98. The zero-order valence-corrected chi connectivity index (χ0v) is 13.6. The fourth-order valence-electron chi connectivity index (χ4n) is 2.30. The second-order valence-electron chi connectivity index (χ2n) is 5.48. The number of ether oxygens (including phenoxy) is 1. The van der Waals surface area contributed by atoms with E-state index in [0.717, 1.165) is 0 Å². The summed E-state index contributed by atoms with van der Waals surface area (Å²) < 4.78 is 18.6. The van der Waals surface area contributed by atoms with Gasteiger partial charge in [0.15, 0.2) is 0 Å². The predicted molar refractivity (Wildman–Crippen MR) is 86.6 cm³/mol. The molecule has 1 aromatic heterocycles. The second kappa shape index (κ2) is 8.07. The minimum Gasteiger partial charge on any atom is -0.481 e. The first-order valence-electron chi connectivity index (χ1n) is 7.43. The molecule has 9 heteroatoms. The van der Waals surface area contributed by atoms with Crippen LogP contribution in [0.3, 0.4) is 0 Å². The normalized spacial score (nSPS) is 13.0. The van der Waals surface area contributed by atoms with E-state index >= 15 is 0 Å². The molecule has 2 atom stereocenters. The van der Waals surface area contributed by atoms with Gasteiger partial charge in [-0.1, -0.05) is 17.2 Å². The van der Waals surface area contributed by atoms with E-state index in [0.29, 0.717) is 11.1 Å². The lowest BCUT2D eigenvalue weighted by molar-refractivity contribution is -0.138. The molecule has 0 radical (unpaired) electrons. The Morgan fingerprint density at radius 1 is 1.24 bits per heavy atom. The molecular formula is C16H16FN5O3. The van der Waals surface area contributed by atoms with Gasteiger partial charge in [0.2, 0.25) is 0 Å². The summed E-state index contributed by atoms with van der Waals surface area (Å²) in [7, 11) is 0. The number of halogens is 1. The first-order chi connectivity index (χ1) is 11.9. The Kier molecular flexibility index (Phi) is 5.86. The molecule has 130 valence electrons. The zero-order chi connectivity index (χ0) is 18.4. The van der Waals surface area contributed by atoms with Crippen molar-refractivity contribution in [3.05, 3.63) is 64.0 Å². The van der Waals surface area contributed by atoms with Gasteiger partial charge in [-0.25, -0.2) is 14.4 Å². The van der Waals surface area contributed by atoms with Crippen molar-refractivity contribution < 1.29 is 19.0 Å². The Bertz CT molecular complexity index is 771. The van der Waals surface area contributed by atoms with Crippen molar-refractivity contribution in [2.45, 2.75) is 31.9 Å². The molecule has 0 spiro atoms. The highest BCUT2D eigenvalue weighted by Crippen LogP contribution is 2.30. The molecule has 0 unspecified atom stereocenters. The molecular weight excluding hydrogens is 329 g/mol. The number of aromatic nitrogens is 2. The number of hydrogen-bond donors (Lipinski definition) is 1. The lowest BCUT2D eigenvalue weighted by Crippen LogP contribution is -2.27. The van der Waals surface area contributed by atoms with Crippen LogP contribution in [-0.4, -0.2) is 33.2 Å². The van der Waals surface area contributed by atoms with Crippen molar-refractivity contribution in [1.82, 2.24) is 9.97 Å². The number of azide groups is 1. The van der Waals surface area contributed by atoms with Crippen molar-refractivity contribution >= 4 is 5.97 Å². The molecule has 0 aliphatic heterocycles. The van der Waals surface area contributed by atoms with Crippen LogP contribution in [0.2, 0.25) is 0 Å². The second-order valence-corrected chi connectivity index (χ2v) is 5.48. The molecule has 0 saturated heterocycles. The van der Waals surface area contributed by atoms with Gasteiger partial charge in [-0.2, -0.15) is 0 Å². The summed E-state index contributed by atoms with van der Waals surface area (Å²) in [5.41, 5.74) is 9.56. The molecule has 0 saturated carbocycles. The van der Waals surface area contributed by atoms with E-state index in [9.17, 15) is 14.3 Å². The molecule has 0 aliphatic carbocycles. The molecule has 0 aliphatic rings. The van der Waals surface area contributed by atoms with E-state index in [1.165, 1.54) is 36.7 Å². The SMILES string of the molecule is CC(C)Oc1ncc([C@H](c2ccc(F)cc2)[C@H](N=[N+]=[N-])C(=O)O)cn1. The summed E-state index contributed by atoms with van der Waals surface area (Å²) in [5, 5.41) is 12.8. The van der Waals surface area contributed by atoms with E-state index in [1.807, 2.05) is 13.8 Å². The van der Waals surface area contributed by atoms with Gasteiger partial charge in [0, 0.05) is 23.2 Å². The average Bonchev–Trinajstić information content (AvgIpc) is 2.56. The Labute approximate surface area is 142 Å². The minimum atomic E-state index is -1.43. The number of rotatable bonds is 7. The number of nitrogens with zero attached hydrogens (tertiary/aromatic N) is 5. The highest BCUT2D eigenvalue weighted by molar-refractivity contribution is 5.76. The van der Waals surface area contributed by atoms with Crippen molar-refractivity contribution in [3.63, 3.8) is 0 Å². The maximum Gasteiger partial charge on any atom is 0.316 e. The highest BCUT2D eigenvalue weighted by atomic mass is 19.1. The Balaban J connectivity index is 2.48. The summed E-state index contributed by atoms with van der Waals surface area (Å²) in [4.78, 5) is 22.3. The quantitative estimate of drug-likeness (QED) is 0.469. The first-order valence-corrected chi connectivity index (χ1v) is 7.43.